The Labute approximate surface area is 184 Å². The van der Waals surface area contributed by atoms with Gasteiger partial charge < -0.3 is 9.84 Å². The first kappa shape index (κ1) is 21.4. The molecule has 4 aromatic rings. The van der Waals surface area contributed by atoms with Crippen LogP contribution >= 0.6 is 22.7 Å². The van der Waals surface area contributed by atoms with Gasteiger partial charge in [0.1, 0.15) is 34.6 Å². The van der Waals surface area contributed by atoms with Gasteiger partial charge in [0.15, 0.2) is 5.82 Å². The van der Waals surface area contributed by atoms with Crippen molar-refractivity contribution in [2.45, 2.75) is 32.6 Å². The zero-order valence-electron chi connectivity index (χ0n) is 16.6. The molecule has 0 amide bonds. The van der Waals surface area contributed by atoms with E-state index in [1.54, 1.807) is 6.07 Å². The Kier molecular flexibility index (Phi) is 6.30. The molecule has 1 aromatic carbocycles. The van der Waals surface area contributed by atoms with Crippen LogP contribution in [0, 0.1) is 11.6 Å². The number of fused-ring (bicyclic) bond motifs is 1. The molecule has 0 spiro atoms. The number of hydrogen-bond acceptors (Lipinski definition) is 8. The molecule has 0 aliphatic heterocycles. The van der Waals surface area contributed by atoms with Crippen LogP contribution in [0.2, 0.25) is 0 Å². The summed E-state index contributed by atoms with van der Waals surface area (Å²) in [5.41, 5.74) is -0.402. The molecule has 3 aromatic heterocycles. The highest BCUT2D eigenvalue weighted by molar-refractivity contribution is 7.18. The summed E-state index contributed by atoms with van der Waals surface area (Å²) in [4.78, 5) is 10.1. The van der Waals surface area contributed by atoms with E-state index in [0.717, 1.165) is 34.1 Å². The number of benzene rings is 1. The van der Waals surface area contributed by atoms with Crippen LogP contribution in [0.3, 0.4) is 0 Å². The quantitative estimate of drug-likeness (QED) is 0.334. The van der Waals surface area contributed by atoms with E-state index in [2.05, 4.69) is 20.2 Å². The molecule has 0 aliphatic rings. The number of thiophene rings is 2. The normalized spacial score (nSPS) is 12.8. The molecule has 4 rings (SSSR count). The Hall–Kier alpha value is -2.82. The summed E-state index contributed by atoms with van der Waals surface area (Å²) in [7, 11) is 0. The molecule has 6 nitrogen and oxygen atoms in total. The Bertz CT molecular complexity index is 1220. The molecule has 1 N–H and O–H groups in total. The third-order valence-electron chi connectivity index (χ3n) is 4.32. The standard InChI is InChI=1S/C21H18F2N4O2S2/c1-11(2)29-15-6-7-30-17(15)9-26-27-20-12-8-16(31-21(12)25-10-24-20)19(28)18-13(22)4-3-5-14(18)23/h3-8,10-11,19,28H,9H2,1-2H3. The fourth-order valence-electron chi connectivity index (χ4n) is 2.96. The number of halogens is 2. The Morgan fingerprint density at radius 3 is 2.68 bits per heavy atom. The molecule has 0 saturated carbocycles. The summed E-state index contributed by atoms with van der Waals surface area (Å²) in [5.74, 6) is -0.533. The van der Waals surface area contributed by atoms with Crippen molar-refractivity contribution in [2.75, 3.05) is 0 Å². The molecule has 1 atom stereocenters. The highest BCUT2D eigenvalue weighted by atomic mass is 32.1. The number of aromatic nitrogens is 2. The van der Waals surface area contributed by atoms with E-state index in [1.165, 1.54) is 23.7 Å². The summed E-state index contributed by atoms with van der Waals surface area (Å²) in [6.45, 7) is 4.23. The van der Waals surface area contributed by atoms with Crippen molar-refractivity contribution in [2.24, 2.45) is 10.2 Å². The topological polar surface area (TPSA) is 80.0 Å². The van der Waals surface area contributed by atoms with E-state index in [9.17, 15) is 13.9 Å². The van der Waals surface area contributed by atoms with Gasteiger partial charge in [-0.05, 0) is 43.5 Å². The average Bonchev–Trinajstić information content (AvgIpc) is 3.35. The smallest absolute Gasteiger partial charge is 0.185 e. The van der Waals surface area contributed by atoms with Crippen LogP contribution in [0.25, 0.3) is 10.2 Å². The minimum Gasteiger partial charge on any atom is -0.490 e. The lowest BCUT2D eigenvalue weighted by Crippen LogP contribution is -2.05. The first-order chi connectivity index (χ1) is 14.9. The predicted molar refractivity (Wildman–Crippen MR) is 116 cm³/mol. The van der Waals surface area contributed by atoms with Gasteiger partial charge in [0.2, 0.25) is 0 Å². The van der Waals surface area contributed by atoms with Crippen LogP contribution in [0.15, 0.2) is 52.3 Å². The van der Waals surface area contributed by atoms with Crippen molar-refractivity contribution in [3.63, 3.8) is 0 Å². The van der Waals surface area contributed by atoms with Crippen LogP contribution in [0.5, 0.6) is 5.75 Å². The first-order valence-electron chi connectivity index (χ1n) is 9.41. The SMILES string of the molecule is CC(C)Oc1ccsc1CN=Nc1ncnc2sc(C(O)c3c(F)cccc3F)cc12. The summed E-state index contributed by atoms with van der Waals surface area (Å²) < 4.78 is 33.9. The zero-order valence-corrected chi connectivity index (χ0v) is 18.3. The number of azo groups is 1. The maximum Gasteiger partial charge on any atom is 0.185 e. The second-order valence-electron chi connectivity index (χ2n) is 6.88. The van der Waals surface area contributed by atoms with Gasteiger partial charge >= 0.3 is 0 Å². The number of aliphatic hydroxyl groups excluding tert-OH is 1. The van der Waals surface area contributed by atoms with Crippen LogP contribution in [-0.4, -0.2) is 21.2 Å². The van der Waals surface area contributed by atoms with Gasteiger partial charge in [-0.15, -0.1) is 27.8 Å². The summed E-state index contributed by atoms with van der Waals surface area (Å²) >= 11 is 2.64. The second kappa shape index (κ2) is 9.13. The minimum atomic E-state index is -1.47. The molecule has 1 unspecified atom stereocenters. The van der Waals surface area contributed by atoms with E-state index >= 15 is 0 Å². The first-order valence-corrected chi connectivity index (χ1v) is 11.1. The molecular formula is C21H18F2N4O2S2. The zero-order chi connectivity index (χ0) is 22.0. The van der Waals surface area contributed by atoms with Gasteiger partial charge in [0.05, 0.1) is 28.5 Å². The van der Waals surface area contributed by atoms with Gasteiger partial charge in [-0.1, -0.05) is 6.07 Å². The molecule has 0 saturated heterocycles. The number of nitrogens with zero attached hydrogens (tertiary/aromatic N) is 4. The van der Waals surface area contributed by atoms with Crippen LogP contribution in [0.4, 0.5) is 14.6 Å². The monoisotopic (exact) mass is 460 g/mol. The number of aliphatic hydroxyl groups is 1. The number of ether oxygens (including phenoxy) is 1. The van der Waals surface area contributed by atoms with Crippen LogP contribution in [-0.2, 0) is 6.54 Å². The molecule has 10 heteroatoms. The number of rotatable bonds is 7. The van der Waals surface area contributed by atoms with Crippen molar-refractivity contribution in [1.82, 2.24) is 9.97 Å². The third-order valence-corrected chi connectivity index (χ3v) is 6.30. The van der Waals surface area contributed by atoms with Gasteiger partial charge in [-0.3, -0.25) is 0 Å². The molecule has 31 heavy (non-hydrogen) atoms. The second-order valence-corrected chi connectivity index (χ2v) is 8.94. The Morgan fingerprint density at radius 2 is 1.94 bits per heavy atom. The van der Waals surface area contributed by atoms with Crippen LogP contribution < -0.4 is 4.74 Å². The highest BCUT2D eigenvalue weighted by Gasteiger charge is 2.22. The third kappa shape index (κ3) is 4.60. The Morgan fingerprint density at radius 1 is 1.16 bits per heavy atom. The lowest BCUT2D eigenvalue weighted by molar-refractivity contribution is 0.213. The summed E-state index contributed by atoms with van der Waals surface area (Å²) in [5, 5.41) is 21.5. The Balaban J connectivity index is 1.60. The summed E-state index contributed by atoms with van der Waals surface area (Å²) in [6.07, 6.45) is -0.0698. The fraction of sp³-hybridized carbons (Fsp3) is 0.238. The molecule has 160 valence electrons. The van der Waals surface area contributed by atoms with E-state index in [0.29, 0.717) is 27.5 Å². The van der Waals surface area contributed by atoms with Crippen molar-refractivity contribution in [1.29, 1.82) is 0 Å². The number of hydrogen-bond donors (Lipinski definition) is 1. The molecule has 0 bridgehead atoms. The molecule has 3 heterocycles. The van der Waals surface area contributed by atoms with Gasteiger partial charge in [0, 0.05) is 4.88 Å². The molecular weight excluding hydrogens is 442 g/mol. The van der Waals surface area contributed by atoms with Gasteiger partial charge in [0.25, 0.3) is 0 Å². The van der Waals surface area contributed by atoms with Gasteiger partial charge in [-0.25, -0.2) is 18.7 Å². The predicted octanol–water partition coefficient (Wildman–Crippen LogP) is 6.18. The fourth-order valence-corrected chi connectivity index (χ4v) is 4.67. The van der Waals surface area contributed by atoms with Crippen molar-refractivity contribution in [3.05, 3.63) is 69.0 Å². The van der Waals surface area contributed by atoms with E-state index < -0.39 is 23.3 Å². The van der Waals surface area contributed by atoms with E-state index in [1.807, 2.05) is 25.3 Å². The molecule has 0 radical (unpaired) electrons. The molecule has 0 fully saturated rings. The van der Waals surface area contributed by atoms with E-state index in [4.69, 9.17) is 4.74 Å². The maximum atomic E-state index is 14.1. The largest absolute Gasteiger partial charge is 0.490 e. The van der Waals surface area contributed by atoms with Crippen LogP contribution in [0.1, 0.15) is 35.3 Å². The van der Waals surface area contributed by atoms with Crippen molar-refractivity contribution < 1.29 is 18.6 Å². The maximum absolute atomic E-state index is 14.1. The average molecular weight is 461 g/mol. The highest BCUT2D eigenvalue weighted by Crippen LogP contribution is 2.37. The van der Waals surface area contributed by atoms with Gasteiger partial charge in [-0.2, -0.15) is 5.11 Å². The lowest BCUT2D eigenvalue weighted by atomic mass is 10.1. The van der Waals surface area contributed by atoms with Crippen molar-refractivity contribution >= 4 is 38.7 Å². The minimum absolute atomic E-state index is 0.0571. The lowest BCUT2D eigenvalue weighted by Gasteiger charge is -2.10. The van der Waals surface area contributed by atoms with Crippen molar-refractivity contribution in [3.8, 4) is 5.75 Å². The molecule has 0 aliphatic carbocycles. The van der Waals surface area contributed by atoms with E-state index in [-0.39, 0.29) is 6.10 Å². The summed E-state index contributed by atoms with van der Waals surface area (Å²) in [6, 6.07) is 6.95.